The predicted molar refractivity (Wildman–Crippen MR) is 161 cm³/mol. The van der Waals surface area contributed by atoms with Gasteiger partial charge in [-0.1, -0.05) is 44.0 Å². The van der Waals surface area contributed by atoms with E-state index in [0.717, 1.165) is 46.0 Å². The lowest BCUT2D eigenvalue weighted by molar-refractivity contribution is -0.663. The highest BCUT2D eigenvalue weighted by Crippen LogP contribution is 2.35. The molecule has 2 rings (SSSR count). The van der Waals surface area contributed by atoms with Crippen LogP contribution in [-0.2, 0) is 4.79 Å². The molecule has 0 saturated heterocycles. The van der Waals surface area contributed by atoms with E-state index in [1.165, 1.54) is 5.32 Å². The van der Waals surface area contributed by atoms with Gasteiger partial charge in [0.2, 0.25) is 5.70 Å². The lowest BCUT2D eigenvalue weighted by Crippen LogP contribution is -2.92. The first-order valence-electron chi connectivity index (χ1n) is 13.2. The van der Waals surface area contributed by atoms with Crippen molar-refractivity contribution in [1.82, 2.24) is 4.90 Å². The number of halogens is 6. The van der Waals surface area contributed by atoms with Gasteiger partial charge in [0, 0.05) is 61.9 Å². The summed E-state index contributed by atoms with van der Waals surface area (Å²) in [5.74, 6) is -1.48. The number of nitrogens with one attached hydrogen (secondary N) is 1. The highest BCUT2D eigenvalue weighted by atomic mass is 127. The molecule has 1 fully saturated rings. The molecule has 0 radical (unpaired) electrons. The first-order valence-corrected chi connectivity index (χ1v) is 15.0. The summed E-state index contributed by atoms with van der Waals surface area (Å²) < 4.78 is 44.8. The Bertz CT molecular complexity index is 1120. The fraction of sp³-hybridized carbons (Fsp3) is 0.607. The molecule has 12 heteroatoms. The number of carbonyl (C=O) groups excluding carboxylic acids is 2. The highest BCUT2D eigenvalue weighted by molar-refractivity contribution is 14.1. The van der Waals surface area contributed by atoms with Gasteiger partial charge in [-0.05, 0) is 30.4 Å². The number of hydrogen-bond donors (Lipinski definition) is 2. The Hall–Kier alpha value is -1.21. The van der Waals surface area contributed by atoms with Crippen LogP contribution in [0.4, 0.5) is 13.2 Å². The Morgan fingerprint density at radius 1 is 1.15 bits per heavy atom. The van der Waals surface area contributed by atoms with E-state index < -0.39 is 44.9 Å². The second-order valence-corrected chi connectivity index (χ2v) is 13.7. The van der Waals surface area contributed by atoms with E-state index in [4.69, 9.17) is 28.6 Å². The van der Waals surface area contributed by atoms with E-state index in [9.17, 15) is 14.0 Å². The topological polar surface area (TPSA) is 90.6 Å². The number of carbonyl (C=O) groups is 2. The summed E-state index contributed by atoms with van der Waals surface area (Å²) in [4.78, 5) is 28.1. The first-order chi connectivity index (χ1) is 18.4. The molecule has 1 aromatic carbocycles. The minimum absolute atomic E-state index is 0.0793. The maximum atomic E-state index is 15.1. The van der Waals surface area contributed by atoms with Crippen molar-refractivity contribution >= 4 is 63.7 Å². The number of ether oxygens (including phenoxy) is 1. The molecule has 1 amide bonds. The summed E-state index contributed by atoms with van der Waals surface area (Å²) in [6, 6.07) is 1.66. The lowest BCUT2D eigenvalue weighted by atomic mass is 9.72. The normalized spacial score (nSPS) is 22.5. The summed E-state index contributed by atoms with van der Waals surface area (Å²) >= 11 is 13.1. The van der Waals surface area contributed by atoms with Crippen LogP contribution < -0.4 is 5.32 Å². The molecule has 4 atom stereocenters. The van der Waals surface area contributed by atoms with Crippen LogP contribution in [0.2, 0.25) is 10.0 Å². The van der Waals surface area contributed by atoms with Gasteiger partial charge in [0.05, 0.1) is 34.7 Å². The number of alkyl halides is 3. The fourth-order valence-corrected chi connectivity index (χ4v) is 6.06. The summed E-state index contributed by atoms with van der Waals surface area (Å²) in [6.07, 6.45) is 2.18. The fourth-order valence-electron chi connectivity index (χ4n) is 4.92. The molecule has 6 nitrogen and oxygen atoms in total. The number of quaternary nitrogens is 1. The van der Waals surface area contributed by atoms with E-state index in [1.54, 1.807) is 0 Å². The standard InChI is InChI=1S/C28H37Cl2F3IN3O3/c1-15-7-8-22(17(3)16(15)2)36-25(28(32,33)34)19(13-35)26(39)37(9-10-40-27(4,5)6)14-23(38)24-20(29)11-18(31)12-21(24)30/h11-13,15-17,22,35-36H,7-10,14H2,1-6H3/p+2/b25-19+,35-13?/t15-,16+,17+,22+/m0/s1. The third kappa shape index (κ3) is 9.40. The number of rotatable bonds is 11. The Balaban J connectivity index is 2.50. The number of hydrogen-bond acceptors (Lipinski definition) is 3. The number of ketones is 1. The van der Waals surface area contributed by atoms with Crippen molar-refractivity contribution < 1.29 is 32.8 Å². The molecular formula is C28H39Cl2F3IN3O3+2. The maximum absolute atomic E-state index is 15.1. The summed E-state index contributed by atoms with van der Waals surface area (Å²) in [6.45, 7) is 11.3. The van der Waals surface area contributed by atoms with Crippen LogP contribution in [0, 0.1) is 29.0 Å². The SMILES string of the molecule is C[C@@H]1[C@H](C)[C@@H](C)CC[C@H]1[NH2+]/C(=C(\C=N)C(=O)N(CC[OH+]C(C)(C)C)CC(=O)c1c(Cl)cc(F)cc1Cl)C(F)(F)I. The van der Waals surface area contributed by atoms with Crippen molar-refractivity contribution in [2.45, 2.75) is 70.0 Å². The predicted octanol–water partition coefficient (Wildman–Crippen LogP) is 6.04. The molecule has 4 N–H and O–H groups in total. The smallest absolute Gasteiger partial charge is 0.368 e. The number of amides is 1. The maximum Gasteiger partial charge on any atom is 0.368 e. The van der Waals surface area contributed by atoms with Gasteiger partial charge in [-0.3, -0.25) is 9.59 Å². The molecule has 1 aliphatic rings. The second kappa shape index (κ2) is 14.3. The molecule has 1 saturated carbocycles. The Kier molecular flexibility index (Phi) is 12.5. The van der Waals surface area contributed by atoms with Gasteiger partial charge in [-0.15, -0.1) is 0 Å². The second-order valence-electron chi connectivity index (χ2n) is 11.5. The van der Waals surface area contributed by atoms with Gasteiger partial charge in [0.1, 0.15) is 11.4 Å². The van der Waals surface area contributed by atoms with Crippen molar-refractivity contribution in [3.63, 3.8) is 0 Å². The quantitative estimate of drug-likeness (QED) is 0.0730. The zero-order chi connectivity index (χ0) is 30.6. The molecule has 0 aromatic heterocycles. The van der Waals surface area contributed by atoms with Crippen LogP contribution in [0.25, 0.3) is 0 Å². The first kappa shape index (κ1) is 35.0. The van der Waals surface area contributed by atoms with E-state index in [-0.39, 0.29) is 40.7 Å². The largest absolute Gasteiger partial charge is 0.429 e. The summed E-state index contributed by atoms with van der Waals surface area (Å²) in [7, 11) is 0. The number of Topliss-reactive ketones (excluding diaryl/α,β-unsaturated/α-hetero) is 1. The van der Waals surface area contributed by atoms with Crippen LogP contribution in [-0.4, -0.2) is 62.8 Å². The molecule has 0 bridgehead atoms. The van der Waals surface area contributed by atoms with E-state index in [1.807, 2.05) is 27.7 Å². The van der Waals surface area contributed by atoms with Crippen LogP contribution in [0.3, 0.4) is 0 Å². The van der Waals surface area contributed by atoms with Gasteiger partial charge >= 0.3 is 3.93 Å². The molecule has 0 spiro atoms. The monoisotopic (exact) mass is 719 g/mol. The van der Waals surface area contributed by atoms with Crippen molar-refractivity contribution in [2.24, 2.45) is 17.8 Å². The van der Waals surface area contributed by atoms with Crippen molar-refractivity contribution in [3.8, 4) is 0 Å². The van der Waals surface area contributed by atoms with Gasteiger partial charge in [0.25, 0.3) is 5.91 Å². The van der Waals surface area contributed by atoms with Gasteiger partial charge < -0.3 is 20.4 Å². The minimum Gasteiger partial charge on any atom is -0.429 e. The zero-order valence-corrected chi connectivity index (χ0v) is 27.3. The molecule has 0 aliphatic heterocycles. The van der Waals surface area contributed by atoms with Crippen LogP contribution in [0.1, 0.15) is 64.7 Å². The van der Waals surface area contributed by atoms with Gasteiger partial charge in [0.15, 0.2) is 18.0 Å². The molecule has 0 unspecified atom stereocenters. The van der Waals surface area contributed by atoms with Gasteiger partial charge in [-0.25, -0.2) is 4.39 Å². The van der Waals surface area contributed by atoms with Crippen molar-refractivity contribution in [1.29, 1.82) is 5.41 Å². The number of nitrogens with two attached hydrogens (primary N) is 1. The number of allylic oxidation sites excluding steroid dienone is 1. The van der Waals surface area contributed by atoms with Crippen LogP contribution >= 0.6 is 45.8 Å². The Morgan fingerprint density at radius 3 is 2.23 bits per heavy atom. The van der Waals surface area contributed by atoms with Crippen molar-refractivity contribution in [2.75, 3.05) is 19.7 Å². The summed E-state index contributed by atoms with van der Waals surface area (Å²) in [5, 5.41) is 8.95. The third-order valence-corrected chi connectivity index (χ3v) is 8.75. The van der Waals surface area contributed by atoms with E-state index in [0.29, 0.717) is 24.5 Å². The van der Waals surface area contributed by atoms with Crippen LogP contribution in [0.15, 0.2) is 23.4 Å². The average molecular weight is 720 g/mol. The summed E-state index contributed by atoms with van der Waals surface area (Å²) in [5.41, 5.74) is -1.67. The van der Waals surface area contributed by atoms with E-state index >= 15 is 8.78 Å². The van der Waals surface area contributed by atoms with Crippen LogP contribution in [0.5, 0.6) is 0 Å². The van der Waals surface area contributed by atoms with Gasteiger partial charge in [-0.2, -0.15) is 8.78 Å². The highest BCUT2D eigenvalue weighted by Gasteiger charge is 2.44. The average Bonchev–Trinajstić information content (AvgIpc) is 2.81. The molecule has 224 valence electrons. The third-order valence-electron chi connectivity index (χ3n) is 7.57. The molecule has 1 aliphatic carbocycles. The Labute approximate surface area is 258 Å². The molecule has 1 aromatic rings. The molecule has 40 heavy (non-hydrogen) atoms. The van der Waals surface area contributed by atoms with Crippen molar-refractivity contribution in [3.05, 3.63) is 44.8 Å². The Morgan fingerprint density at radius 2 is 1.73 bits per heavy atom. The zero-order valence-electron chi connectivity index (χ0n) is 23.6. The van der Waals surface area contributed by atoms with E-state index in [2.05, 4.69) is 18.6 Å². The molecular weight excluding hydrogens is 681 g/mol. The molecule has 0 heterocycles. The lowest BCUT2D eigenvalue weighted by Gasteiger charge is -2.37. The number of nitrogens with zero attached hydrogens (tertiary/aromatic N) is 1. The minimum atomic E-state index is -3.44. The number of aliphatic hydroxyl groups is 2. The number of benzene rings is 1.